The largest absolute Gasteiger partial charge is 0.479 e. The van der Waals surface area contributed by atoms with E-state index in [-0.39, 0.29) is 25.5 Å². The van der Waals surface area contributed by atoms with E-state index in [1.54, 1.807) is 13.8 Å². The van der Waals surface area contributed by atoms with Crippen molar-refractivity contribution in [3.63, 3.8) is 0 Å². The van der Waals surface area contributed by atoms with Gasteiger partial charge in [-0.25, -0.2) is 9.59 Å². The smallest absolute Gasteiger partial charge is 0.344 e. The molecular formula is C18H28N2O7. The molecule has 0 aromatic carbocycles. The lowest BCUT2D eigenvalue weighted by atomic mass is 9.84. The van der Waals surface area contributed by atoms with Crippen LogP contribution in [-0.4, -0.2) is 48.9 Å². The maximum Gasteiger partial charge on any atom is 0.344 e. The number of methoxy groups -OCH3 is 1. The first-order chi connectivity index (χ1) is 12.5. The highest BCUT2D eigenvalue weighted by atomic mass is 16.6. The Kier molecular flexibility index (Phi) is 7.38. The molecule has 1 aromatic heterocycles. The van der Waals surface area contributed by atoms with E-state index in [0.717, 1.165) is 0 Å². The first-order valence-corrected chi connectivity index (χ1v) is 8.69. The summed E-state index contributed by atoms with van der Waals surface area (Å²) >= 11 is 0. The number of ether oxygens (including phenoxy) is 3. The summed E-state index contributed by atoms with van der Waals surface area (Å²) in [7, 11) is 1.39. The zero-order chi connectivity index (χ0) is 20.8. The van der Waals surface area contributed by atoms with Crippen LogP contribution in [0.4, 0.5) is 0 Å². The molecule has 27 heavy (non-hydrogen) atoms. The van der Waals surface area contributed by atoms with Crippen molar-refractivity contribution in [2.75, 3.05) is 20.3 Å². The molecule has 0 aliphatic rings. The van der Waals surface area contributed by atoms with Crippen molar-refractivity contribution in [1.82, 2.24) is 10.5 Å². The molecule has 0 bridgehead atoms. The fraction of sp³-hybridized carbons (Fsp3) is 0.667. The highest BCUT2D eigenvalue weighted by Crippen LogP contribution is 2.35. The minimum Gasteiger partial charge on any atom is -0.479 e. The lowest BCUT2D eigenvalue weighted by Gasteiger charge is -2.30. The lowest BCUT2D eigenvalue weighted by Crippen LogP contribution is -2.62. The molecule has 1 amide bonds. The molecule has 0 saturated carbocycles. The average Bonchev–Trinajstić information content (AvgIpc) is 2.96. The molecule has 9 heteroatoms. The predicted molar refractivity (Wildman–Crippen MR) is 95.3 cm³/mol. The Bertz CT molecular complexity index is 670. The van der Waals surface area contributed by atoms with Crippen molar-refractivity contribution < 1.29 is 33.1 Å². The van der Waals surface area contributed by atoms with E-state index >= 15 is 0 Å². The van der Waals surface area contributed by atoms with Gasteiger partial charge in [0.05, 0.1) is 25.9 Å². The van der Waals surface area contributed by atoms with Crippen LogP contribution in [0.25, 0.3) is 0 Å². The SMILES string of the molecule is CCOC(=O)C(Cc1c(OC)noc1C(C)(C)C)(NC(C)=O)C(=O)OCC. The van der Waals surface area contributed by atoms with Gasteiger partial charge in [0.25, 0.3) is 5.88 Å². The third kappa shape index (κ3) is 4.99. The van der Waals surface area contributed by atoms with Gasteiger partial charge < -0.3 is 24.1 Å². The molecule has 0 atom stereocenters. The second-order valence-corrected chi connectivity index (χ2v) is 6.95. The molecule has 0 saturated heterocycles. The number of nitrogens with one attached hydrogen (secondary N) is 1. The number of carbonyl (C=O) groups excluding carboxylic acids is 3. The second-order valence-electron chi connectivity index (χ2n) is 6.95. The van der Waals surface area contributed by atoms with E-state index < -0.39 is 28.8 Å². The Labute approximate surface area is 158 Å². The summed E-state index contributed by atoms with van der Waals surface area (Å²) in [5.41, 5.74) is -2.21. The molecule has 0 aliphatic heterocycles. The molecule has 0 unspecified atom stereocenters. The first-order valence-electron chi connectivity index (χ1n) is 8.69. The highest BCUT2D eigenvalue weighted by molar-refractivity contribution is 6.08. The van der Waals surface area contributed by atoms with Crippen molar-refractivity contribution in [3.8, 4) is 5.88 Å². The molecule has 1 heterocycles. The summed E-state index contributed by atoms with van der Waals surface area (Å²) in [6, 6.07) is 0. The van der Waals surface area contributed by atoms with Gasteiger partial charge in [-0.1, -0.05) is 20.8 Å². The minimum absolute atomic E-state index is 0.0203. The number of hydrogen-bond donors (Lipinski definition) is 1. The molecule has 0 fully saturated rings. The van der Waals surface area contributed by atoms with E-state index in [1.165, 1.54) is 14.0 Å². The summed E-state index contributed by atoms with van der Waals surface area (Å²) in [5, 5.41) is 6.28. The quantitative estimate of drug-likeness (QED) is 0.530. The van der Waals surface area contributed by atoms with Gasteiger partial charge in [0.2, 0.25) is 11.4 Å². The van der Waals surface area contributed by atoms with Crippen molar-refractivity contribution >= 4 is 17.8 Å². The number of carbonyl (C=O) groups is 3. The number of rotatable bonds is 8. The van der Waals surface area contributed by atoms with E-state index in [0.29, 0.717) is 11.3 Å². The lowest BCUT2D eigenvalue weighted by molar-refractivity contribution is -0.168. The fourth-order valence-corrected chi connectivity index (χ4v) is 2.65. The first kappa shape index (κ1) is 22.5. The van der Waals surface area contributed by atoms with E-state index in [9.17, 15) is 14.4 Å². The van der Waals surface area contributed by atoms with Crippen molar-refractivity contribution in [3.05, 3.63) is 11.3 Å². The average molecular weight is 384 g/mol. The van der Waals surface area contributed by atoms with E-state index in [1.807, 2.05) is 20.8 Å². The van der Waals surface area contributed by atoms with Gasteiger partial charge in [0, 0.05) is 18.8 Å². The van der Waals surface area contributed by atoms with E-state index in [4.69, 9.17) is 18.7 Å². The number of hydrogen-bond acceptors (Lipinski definition) is 8. The van der Waals surface area contributed by atoms with Gasteiger partial charge >= 0.3 is 11.9 Å². The third-order valence-electron chi connectivity index (χ3n) is 3.71. The highest BCUT2D eigenvalue weighted by Gasteiger charge is 2.52. The van der Waals surface area contributed by atoms with Crippen molar-refractivity contribution in [2.45, 2.75) is 58.9 Å². The summed E-state index contributed by atoms with van der Waals surface area (Å²) < 4.78 is 20.8. The van der Waals surface area contributed by atoms with Crippen LogP contribution in [0.15, 0.2) is 4.52 Å². The van der Waals surface area contributed by atoms with Crippen LogP contribution in [-0.2, 0) is 35.7 Å². The topological polar surface area (TPSA) is 117 Å². The van der Waals surface area contributed by atoms with Gasteiger partial charge in [-0.3, -0.25) is 4.79 Å². The van der Waals surface area contributed by atoms with Gasteiger partial charge in [0.15, 0.2) is 0 Å². The van der Waals surface area contributed by atoms with Crippen LogP contribution in [0.3, 0.4) is 0 Å². The molecule has 1 N–H and O–H groups in total. The van der Waals surface area contributed by atoms with Gasteiger partial charge in [-0.2, -0.15) is 0 Å². The van der Waals surface area contributed by atoms with Gasteiger partial charge in [-0.15, -0.1) is 0 Å². The summed E-state index contributed by atoms with van der Waals surface area (Å²) in [4.78, 5) is 37.4. The Morgan fingerprint density at radius 1 is 1.07 bits per heavy atom. The standard InChI is InChI=1S/C18H28N2O7/c1-8-25-15(22)18(19-11(3)21,16(23)26-9-2)10-12-13(17(4,5)6)27-20-14(12)24-7/h8-10H2,1-7H3,(H,19,21). The molecule has 0 radical (unpaired) electrons. The zero-order valence-corrected chi connectivity index (χ0v) is 16.9. The Balaban J connectivity index is 3.61. The zero-order valence-electron chi connectivity index (χ0n) is 16.9. The van der Waals surface area contributed by atoms with Crippen LogP contribution in [0.5, 0.6) is 5.88 Å². The second kappa shape index (κ2) is 8.88. The Morgan fingerprint density at radius 2 is 1.59 bits per heavy atom. The number of esters is 2. The molecular weight excluding hydrogens is 356 g/mol. The Morgan fingerprint density at radius 3 is 1.96 bits per heavy atom. The van der Waals surface area contributed by atoms with Gasteiger partial charge in [-0.05, 0) is 19.0 Å². The predicted octanol–water partition coefficient (Wildman–Crippen LogP) is 1.52. The summed E-state index contributed by atoms with van der Waals surface area (Å²) in [6.45, 7) is 10.1. The van der Waals surface area contributed by atoms with Crippen molar-refractivity contribution in [1.29, 1.82) is 0 Å². The molecule has 1 aromatic rings. The maximum atomic E-state index is 12.8. The number of amides is 1. The molecule has 0 aliphatic carbocycles. The third-order valence-corrected chi connectivity index (χ3v) is 3.71. The van der Waals surface area contributed by atoms with E-state index in [2.05, 4.69) is 10.5 Å². The summed E-state index contributed by atoms with van der Waals surface area (Å²) in [5.74, 6) is -1.92. The van der Waals surface area contributed by atoms with Crippen LogP contribution in [0, 0.1) is 0 Å². The maximum absolute atomic E-state index is 12.8. The summed E-state index contributed by atoms with van der Waals surface area (Å²) in [6.07, 6.45) is -0.288. The number of aromatic nitrogens is 1. The minimum atomic E-state index is -2.09. The molecule has 0 spiro atoms. The van der Waals surface area contributed by atoms with Crippen LogP contribution in [0.1, 0.15) is 52.9 Å². The van der Waals surface area contributed by atoms with Crippen molar-refractivity contribution in [2.24, 2.45) is 0 Å². The number of nitrogens with zero attached hydrogens (tertiary/aromatic N) is 1. The van der Waals surface area contributed by atoms with Gasteiger partial charge in [0.1, 0.15) is 5.76 Å². The van der Waals surface area contributed by atoms with Crippen LogP contribution in [0.2, 0.25) is 0 Å². The Hall–Kier alpha value is -2.58. The monoisotopic (exact) mass is 384 g/mol. The van der Waals surface area contributed by atoms with Crippen LogP contribution < -0.4 is 10.1 Å². The fourth-order valence-electron chi connectivity index (χ4n) is 2.65. The normalized spacial score (nSPS) is 11.7. The van der Waals surface area contributed by atoms with Crippen LogP contribution >= 0.6 is 0 Å². The molecule has 9 nitrogen and oxygen atoms in total. The molecule has 1 rings (SSSR count). The molecule has 152 valence electrons.